The highest BCUT2D eigenvalue weighted by atomic mass is 16.3. The molecule has 1 aromatic heterocycles. The molecule has 1 N–H and O–H groups in total. The quantitative estimate of drug-likeness (QED) is 0.515. The van der Waals surface area contributed by atoms with Crippen molar-refractivity contribution >= 4 is 39.4 Å². The van der Waals surface area contributed by atoms with Gasteiger partial charge in [0.25, 0.3) is 5.91 Å². The van der Waals surface area contributed by atoms with E-state index in [4.69, 9.17) is 4.42 Å². The molecule has 3 aromatic carbocycles. The Morgan fingerprint density at radius 1 is 0.867 bits per heavy atom. The van der Waals surface area contributed by atoms with Gasteiger partial charge in [0.1, 0.15) is 17.2 Å². The molecule has 0 saturated carbocycles. The van der Waals surface area contributed by atoms with Crippen LogP contribution in [0.5, 0.6) is 0 Å². The van der Waals surface area contributed by atoms with Crippen LogP contribution in [0.25, 0.3) is 21.9 Å². The molecule has 5 rings (SSSR count). The maximum absolute atomic E-state index is 13.1. The molecule has 2 heterocycles. The average molecular weight is 398 g/mol. The van der Waals surface area contributed by atoms with Crippen molar-refractivity contribution in [2.75, 3.05) is 11.9 Å². The van der Waals surface area contributed by atoms with E-state index in [1.54, 1.807) is 17.0 Å². The number of amides is 2. The van der Waals surface area contributed by atoms with E-state index in [2.05, 4.69) is 5.32 Å². The molecule has 150 valence electrons. The molecule has 5 nitrogen and oxygen atoms in total. The van der Waals surface area contributed by atoms with E-state index in [-0.39, 0.29) is 11.8 Å². The Labute approximate surface area is 174 Å². The summed E-state index contributed by atoms with van der Waals surface area (Å²) in [4.78, 5) is 27.8. The number of hydrogen-bond acceptors (Lipinski definition) is 3. The molecule has 0 aliphatic carbocycles. The fourth-order valence-electron chi connectivity index (χ4n) is 4.22. The van der Waals surface area contributed by atoms with Crippen molar-refractivity contribution in [1.82, 2.24) is 4.90 Å². The van der Waals surface area contributed by atoms with Crippen LogP contribution < -0.4 is 5.32 Å². The van der Waals surface area contributed by atoms with Crippen molar-refractivity contribution in [3.63, 3.8) is 0 Å². The van der Waals surface area contributed by atoms with Gasteiger partial charge in [0, 0.05) is 28.6 Å². The number of likely N-dealkylation sites (tertiary alicyclic amines) is 1. The first-order valence-electron chi connectivity index (χ1n) is 10.3. The zero-order chi connectivity index (χ0) is 20.5. The van der Waals surface area contributed by atoms with Crippen molar-refractivity contribution in [2.24, 2.45) is 0 Å². The molecule has 0 bridgehead atoms. The maximum Gasteiger partial charge on any atom is 0.254 e. The van der Waals surface area contributed by atoms with Crippen LogP contribution in [0.15, 0.2) is 77.2 Å². The van der Waals surface area contributed by atoms with E-state index >= 15 is 0 Å². The minimum atomic E-state index is -0.469. The molecule has 4 aromatic rings. The smallest absolute Gasteiger partial charge is 0.254 e. The predicted molar refractivity (Wildman–Crippen MR) is 117 cm³/mol. The van der Waals surface area contributed by atoms with Crippen LogP contribution in [0.2, 0.25) is 0 Å². The third kappa shape index (κ3) is 3.32. The van der Waals surface area contributed by atoms with E-state index < -0.39 is 6.04 Å². The third-order valence-electron chi connectivity index (χ3n) is 5.73. The summed E-state index contributed by atoms with van der Waals surface area (Å²) in [6, 6.07) is 22.2. The van der Waals surface area contributed by atoms with Gasteiger partial charge >= 0.3 is 0 Å². The number of rotatable bonds is 3. The predicted octanol–water partition coefficient (Wildman–Crippen LogP) is 5.22. The van der Waals surface area contributed by atoms with Gasteiger partial charge in [-0.3, -0.25) is 9.59 Å². The van der Waals surface area contributed by atoms with Gasteiger partial charge in [-0.2, -0.15) is 0 Å². The number of anilines is 1. The van der Waals surface area contributed by atoms with E-state index in [1.807, 2.05) is 60.7 Å². The fraction of sp³-hybridized carbons (Fsp3) is 0.200. The lowest BCUT2D eigenvalue weighted by atomic mass is 9.99. The fourth-order valence-corrected chi connectivity index (χ4v) is 4.22. The largest absolute Gasteiger partial charge is 0.456 e. The van der Waals surface area contributed by atoms with Gasteiger partial charge in [-0.25, -0.2) is 0 Å². The molecule has 1 aliphatic rings. The van der Waals surface area contributed by atoms with E-state index in [1.165, 1.54) is 0 Å². The molecule has 1 unspecified atom stereocenters. The first kappa shape index (κ1) is 18.4. The number of benzene rings is 3. The molecular weight excluding hydrogens is 376 g/mol. The Balaban J connectivity index is 1.40. The summed E-state index contributed by atoms with van der Waals surface area (Å²) in [7, 11) is 0. The van der Waals surface area contributed by atoms with E-state index in [9.17, 15) is 9.59 Å². The molecule has 1 fully saturated rings. The lowest BCUT2D eigenvalue weighted by molar-refractivity contribution is -0.121. The van der Waals surface area contributed by atoms with Gasteiger partial charge in [-0.1, -0.05) is 36.4 Å². The number of piperidine rings is 1. The summed E-state index contributed by atoms with van der Waals surface area (Å²) >= 11 is 0. The monoisotopic (exact) mass is 398 g/mol. The molecule has 0 radical (unpaired) electrons. The number of furan rings is 1. The van der Waals surface area contributed by atoms with Crippen LogP contribution in [0.3, 0.4) is 0 Å². The summed E-state index contributed by atoms with van der Waals surface area (Å²) in [5, 5.41) is 5.00. The SMILES string of the molecule is O=C(Nc1ccc2oc3ccccc3c2c1)C1CCCCN1C(=O)c1ccccc1. The zero-order valence-electron chi connectivity index (χ0n) is 16.5. The Morgan fingerprint density at radius 2 is 1.63 bits per heavy atom. The van der Waals surface area contributed by atoms with Crippen LogP contribution in [-0.4, -0.2) is 29.3 Å². The zero-order valence-corrected chi connectivity index (χ0v) is 16.5. The summed E-state index contributed by atoms with van der Waals surface area (Å²) in [6.45, 7) is 0.594. The molecule has 2 amide bonds. The number of nitrogens with zero attached hydrogens (tertiary/aromatic N) is 1. The van der Waals surface area contributed by atoms with E-state index in [0.29, 0.717) is 24.2 Å². The third-order valence-corrected chi connectivity index (χ3v) is 5.73. The van der Waals surface area contributed by atoms with Gasteiger partial charge in [0.15, 0.2) is 0 Å². The Bertz CT molecular complexity index is 1230. The van der Waals surface area contributed by atoms with Gasteiger partial charge in [0.2, 0.25) is 5.91 Å². The van der Waals surface area contributed by atoms with Gasteiger partial charge < -0.3 is 14.6 Å². The number of fused-ring (bicyclic) bond motifs is 3. The van der Waals surface area contributed by atoms with E-state index in [0.717, 1.165) is 34.8 Å². The highest BCUT2D eigenvalue weighted by molar-refractivity contribution is 6.07. The summed E-state index contributed by atoms with van der Waals surface area (Å²) in [5.74, 6) is -0.238. The second kappa shape index (κ2) is 7.67. The first-order chi connectivity index (χ1) is 14.7. The minimum Gasteiger partial charge on any atom is -0.456 e. The molecule has 1 aliphatic heterocycles. The summed E-state index contributed by atoms with van der Waals surface area (Å²) in [5.41, 5.74) is 2.93. The van der Waals surface area contributed by atoms with Gasteiger partial charge in [-0.15, -0.1) is 0 Å². The van der Waals surface area contributed by atoms with Crippen molar-refractivity contribution in [3.8, 4) is 0 Å². The second-order valence-electron chi connectivity index (χ2n) is 7.67. The lowest BCUT2D eigenvalue weighted by Crippen LogP contribution is -2.50. The molecule has 1 saturated heterocycles. The highest BCUT2D eigenvalue weighted by Gasteiger charge is 2.32. The number of carbonyl (C=O) groups is 2. The van der Waals surface area contributed by atoms with Crippen LogP contribution in [0.4, 0.5) is 5.69 Å². The average Bonchev–Trinajstić information content (AvgIpc) is 3.17. The standard InChI is InChI=1S/C25H22N2O3/c28-24(21-11-6-7-15-27(21)25(29)17-8-2-1-3-9-17)26-18-13-14-23-20(16-18)19-10-4-5-12-22(19)30-23/h1-5,8-10,12-14,16,21H,6-7,11,15H2,(H,26,28). The Morgan fingerprint density at radius 3 is 2.50 bits per heavy atom. The first-order valence-corrected chi connectivity index (χ1v) is 10.3. The van der Waals surface area contributed by atoms with Crippen molar-refractivity contribution < 1.29 is 14.0 Å². The molecule has 5 heteroatoms. The normalized spacial score (nSPS) is 16.7. The van der Waals surface area contributed by atoms with Crippen molar-refractivity contribution in [2.45, 2.75) is 25.3 Å². The highest BCUT2D eigenvalue weighted by Crippen LogP contribution is 2.31. The van der Waals surface area contributed by atoms with Crippen LogP contribution >= 0.6 is 0 Å². The minimum absolute atomic E-state index is 0.0910. The number of carbonyl (C=O) groups excluding carboxylic acids is 2. The van der Waals surface area contributed by atoms with Crippen molar-refractivity contribution in [1.29, 1.82) is 0 Å². The van der Waals surface area contributed by atoms with Crippen molar-refractivity contribution in [3.05, 3.63) is 78.4 Å². The van der Waals surface area contributed by atoms with Crippen LogP contribution in [0, 0.1) is 0 Å². The molecular formula is C25H22N2O3. The van der Waals surface area contributed by atoms with Crippen LogP contribution in [0.1, 0.15) is 29.6 Å². The number of para-hydroxylation sites is 1. The molecule has 30 heavy (non-hydrogen) atoms. The van der Waals surface area contributed by atoms with Gasteiger partial charge in [0.05, 0.1) is 0 Å². The lowest BCUT2D eigenvalue weighted by Gasteiger charge is -2.34. The summed E-state index contributed by atoms with van der Waals surface area (Å²) < 4.78 is 5.86. The summed E-state index contributed by atoms with van der Waals surface area (Å²) in [6.07, 6.45) is 2.51. The molecule has 0 spiro atoms. The Hall–Kier alpha value is -3.60. The number of hydrogen-bond donors (Lipinski definition) is 1. The molecule has 1 atom stereocenters. The second-order valence-corrected chi connectivity index (χ2v) is 7.67. The number of nitrogens with one attached hydrogen (secondary N) is 1. The van der Waals surface area contributed by atoms with Gasteiger partial charge in [-0.05, 0) is 55.7 Å². The Kier molecular flexibility index (Phi) is 4.71. The topological polar surface area (TPSA) is 62.6 Å². The maximum atomic E-state index is 13.1. The van der Waals surface area contributed by atoms with Crippen LogP contribution in [-0.2, 0) is 4.79 Å².